The van der Waals surface area contributed by atoms with E-state index in [4.69, 9.17) is 18.9 Å². The van der Waals surface area contributed by atoms with E-state index in [1.807, 2.05) is 0 Å². The van der Waals surface area contributed by atoms with Crippen LogP contribution in [0, 0.1) is 0 Å². The molecule has 0 aromatic heterocycles. The lowest BCUT2D eigenvalue weighted by Gasteiger charge is -2.19. The molecule has 1 N–H and O–H groups in total. The first-order valence-electron chi connectivity index (χ1n) is 9.09. The Hall–Kier alpha value is -2.98. The molecule has 2 aromatic carbocycles. The summed E-state index contributed by atoms with van der Waals surface area (Å²) in [7, 11) is 2.07. The molecule has 162 valence electrons. The molecule has 1 heterocycles. The molecule has 0 aliphatic carbocycles. The van der Waals surface area contributed by atoms with E-state index in [1.165, 1.54) is 51.5 Å². The monoisotopic (exact) mass is 436 g/mol. The average molecular weight is 436 g/mol. The highest BCUT2D eigenvalue weighted by molar-refractivity contribution is 7.89. The molecule has 3 rings (SSSR count). The number of amides is 1. The van der Waals surface area contributed by atoms with E-state index in [-0.39, 0.29) is 23.8 Å². The van der Waals surface area contributed by atoms with Crippen LogP contribution in [0.2, 0.25) is 0 Å². The zero-order valence-electron chi connectivity index (χ0n) is 17.2. The van der Waals surface area contributed by atoms with Gasteiger partial charge in [0.25, 0.3) is 0 Å². The minimum Gasteiger partial charge on any atom is -0.493 e. The summed E-state index contributed by atoms with van der Waals surface area (Å²) in [6.45, 7) is 0.195. The summed E-state index contributed by atoms with van der Waals surface area (Å²) >= 11 is 0. The molecule has 1 saturated heterocycles. The summed E-state index contributed by atoms with van der Waals surface area (Å²) in [5, 5.41) is 0. The molecular weight excluding hydrogens is 412 g/mol. The Morgan fingerprint density at radius 1 is 0.867 bits per heavy atom. The number of nitrogens with one attached hydrogen (secondary N) is 1. The molecule has 9 nitrogen and oxygen atoms in total. The number of sulfonamides is 1. The fraction of sp³-hybridized carbons (Fsp3) is 0.350. The molecule has 1 atom stereocenters. The minimum atomic E-state index is -3.86. The maximum Gasteiger partial charge on any atom is 0.241 e. The van der Waals surface area contributed by atoms with Gasteiger partial charge in [0.15, 0.2) is 23.0 Å². The van der Waals surface area contributed by atoms with Crippen molar-refractivity contribution in [2.75, 3.05) is 39.9 Å². The molecule has 1 aliphatic heterocycles. The van der Waals surface area contributed by atoms with Gasteiger partial charge in [0, 0.05) is 36.8 Å². The van der Waals surface area contributed by atoms with Crippen LogP contribution >= 0.6 is 0 Å². The van der Waals surface area contributed by atoms with Crippen LogP contribution in [0.25, 0.3) is 0 Å². The van der Waals surface area contributed by atoms with E-state index in [1.54, 1.807) is 18.2 Å². The fourth-order valence-electron chi connectivity index (χ4n) is 3.30. The van der Waals surface area contributed by atoms with E-state index in [2.05, 4.69) is 4.72 Å². The van der Waals surface area contributed by atoms with Gasteiger partial charge in [-0.1, -0.05) is 0 Å². The molecule has 0 saturated carbocycles. The van der Waals surface area contributed by atoms with Gasteiger partial charge in [-0.25, -0.2) is 13.1 Å². The summed E-state index contributed by atoms with van der Waals surface area (Å²) in [5.74, 6) is 1.56. The Morgan fingerprint density at radius 3 is 2.03 bits per heavy atom. The fourth-order valence-corrected chi connectivity index (χ4v) is 4.54. The molecule has 0 bridgehead atoms. The molecule has 0 radical (unpaired) electrons. The smallest absolute Gasteiger partial charge is 0.241 e. The van der Waals surface area contributed by atoms with Crippen molar-refractivity contribution in [2.45, 2.75) is 17.4 Å². The third-order valence-corrected chi connectivity index (χ3v) is 6.31. The van der Waals surface area contributed by atoms with E-state index in [0.29, 0.717) is 28.7 Å². The van der Waals surface area contributed by atoms with Crippen LogP contribution in [0.3, 0.4) is 0 Å². The first kappa shape index (κ1) is 21.7. The van der Waals surface area contributed by atoms with Crippen LogP contribution < -0.4 is 28.6 Å². The maximum absolute atomic E-state index is 12.8. The van der Waals surface area contributed by atoms with Crippen molar-refractivity contribution in [3.05, 3.63) is 36.4 Å². The summed E-state index contributed by atoms with van der Waals surface area (Å²) in [4.78, 5) is 14.1. The highest BCUT2D eigenvalue weighted by atomic mass is 32.2. The van der Waals surface area contributed by atoms with Crippen molar-refractivity contribution in [3.8, 4) is 23.0 Å². The topological polar surface area (TPSA) is 103 Å². The van der Waals surface area contributed by atoms with Crippen molar-refractivity contribution in [1.29, 1.82) is 0 Å². The van der Waals surface area contributed by atoms with Crippen LogP contribution in [0.15, 0.2) is 41.3 Å². The van der Waals surface area contributed by atoms with Crippen LogP contribution in [0.5, 0.6) is 23.0 Å². The lowest BCUT2D eigenvalue weighted by Crippen LogP contribution is -2.37. The van der Waals surface area contributed by atoms with E-state index in [0.717, 1.165) is 0 Å². The number of benzene rings is 2. The second kappa shape index (κ2) is 8.80. The molecule has 1 unspecified atom stereocenters. The lowest BCUT2D eigenvalue weighted by molar-refractivity contribution is -0.117. The molecular formula is C20H24N2O7S. The Bertz CT molecular complexity index is 1040. The zero-order chi connectivity index (χ0) is 21.9. The van der Waals surface area contributed by atoms with Gasteiger partial charge in [0.1, 0.15) is 0 Å². The number of carbonyl (C=O) groups excluding carboxylic acids is 1. The number of hydrogen-bond acceptors (Lipinski definition) is 7. The molecule has 30 heavy (non-hydrogen) atoms. The summed E-state index contributed by atoms with van der Waals surface area (Å²) < 4.78 is 49.0. The Morgan fingerprint density at radius 2 is 1.43 bits per heavy atom. The number of anilines is 1. The van der Waals surface area contributed by atoms with Crippen LogP contribution in [-0.4, -0.2) is 55.4 Å². The zero-order valence-corrected chi connectivity index (χ0v) is 18.0. The maximum atomic E-state index is 12.8. The summed E-state index contributed by atoms with van der Waals surface area (Å²) in [6, 6.07) is 8.85. The Kier molecular flexibility index (Phi) is 6.37. The Balaban J connectivity index is 1.78. The quantitative estimate of drug-likeness (QED) is 0.673. The number of hydrogen-bond donors (Lipinski definition) is 1. The summed E-state index contributed by atoms with van der Waals surface area (Å²) in [6.07, 6.45) is 0.0425. The number of rotatable bonds is 8. The number of carbonyl (C=O) groups is 1. The predicted octanol–water partition coefficient (Wildman–Crippen LogP) is 1.80. The van der Waals surface area contributed by atoms with Gasteiger partial charge in [-0.2, -0.15) is 0 Å². The second-order valence-electron chi connectivity index (χ2n) is 6.58. The van der Waals surface area contributed by atoms with Crippen molar-refractivity contribution < 1.29 is 32.2 Å². The first-order chi connectivity index (χ1) is 14.3. The Labute approximate surface area is 175 Å². The molecule has 0 spiro atoms. The predicted molar refractivity (Wildman–Crippen MR) is 110 cm³/mol. The van der Waals surface area contributed by atoms with Gasteiger partial charge >= 0.3 is 0 Å². The molecule has 1 amide bonds. The van der Waals surface area contributed by atoms with Crippen molar-refractivity contribution in [2.24, 2.45) is 0 Å². The SMILES string of the molecule is COc1ccc(N2CC(NS(=O)(=O)c3ccc(OC)c(OC)c3)CC2=O)cc1OC. The highest BCUT2D eigenvalue weighted by Crippen LogP contribution is 2.34. The largest absolute Gasteiger partial charge is 0.493 e. The van der Waals surface area contributed by atoms with E-state index >= 15 is 0 Å². The molecule has 2 aromatic rings. The number of nitrogens with zero attached hydrogens (tertiary/aromatic N) is 1. The van der Waals surface area contributed by atoms with Crippen molar-refractivity contribution in [3.63, 3.8) is 0 Å². The van der Waals surface area contributed by atoms with Crippen molar-refractivity contribution >= 4 is 21.6 Å². The first-order valence-corrected chi connectivity index (χ1v) is 10.6. The third-order valence-electron chi connectivity index (χ3n) is 4.79. The van der Waals surface area contributed by atoms with Crippen LogP contribution in [0.1, 0.15) is 6.42 Å². The number of methoxy groups -OCH3 is 4. The standard InChI is InChI=1S/C20H24N2O7S/c1-26-16-7-5-14(10-18(16)28-3)22-12-13(9-20(22)23)21-30(24,25)15-6-8-17(27-2)19(11-15)29-4/h5-8,10-11,13,21H,9,12H2,1-4H3. The van der Waals surface area contributed by atoms with Crippen LogP contribution in [-0.2, 0) is 14.8 Å². The van der Waals surface area contributed by atoms with Gasteiger partial charge in [-0.15, -0.1) is 0 Å². The van der Waals surface area contributed by atoms with Crippen molar-refractivity contribution in [1.82, 2.24) is 4.72 Å². The normalized spacial score (nSPS) is 16.5. The van der Waals surface area contributed by atoms with Gasteiger partial charge in [0.05, 0.1) is 33.3 Å². The number of ether oxygens (including phenoxy) is 4. The minimum absolute atomic E-state index is 0.0252. The lowest BCUT2D eigenvalue weighted by atomic mass is 10.2. The molecule has 1 fully saturated rings. The molecule has 1 aliphatic rings. The van der Waals surface area contributed by atoms with Gasteiger partial charge in [-0.3, -0.25) is 4.79 Å². The average Bonchev–Trinajstić information content (AvgIpc) is 3.11. The van der Waals surface area contributed by atoms with Gasteiger partial charge in [-0.05, 0) is 24.3 Å². The highest BCUT2D eigenvalue weighted by Gasteiger charge is 2.34. The van der Waals surface area contributed by atoms with Crippen LogP contribution in [0.4, 0.5) is 5.69 Å². The van der Waals surface area contributed by atoms with Gasteiger partial charge < -0.3 is 23.8 Å². The summed E-state index contributed by atoms with van der Waals surface area (Å²) in [5.41, 5.74) is 0.602. The van der Waals surface area contributed by atoms with E-state index in [9.17, 15) is 13.2 Å². The second-order valence-corrected chi connectivity index (χ2v) is 8.30. The van der Waals surface area contributed by atoms with E-state index < -0.39 is 16.1 Å². The third kappa shape index (κ3) is 4.29. The van der Waals surface area contributed by atoms with Gasteiger partial charge in [0.2, 0.25) is 15.9 Å². The molecule has 10 heteroatoms.